The fraction of sp³-hybridized carbons (Fsp3) is 0.0500. The van der Waals surface area contributed by atoms with Crippen LogP contribution < -0.4 is 4.72 Å². The number of hydrogen-bond donors (Lipinski definition) is 1. The van der Waals surface area contributed by atoms with Crippen molar-refractivity contribution in [3.05, 3.63) is 78.8 Å². The third-order valence-corrected chi connectivity index (χ3v) is 5.61. The minimum Gasteiger partial charge on any atom is -0.295 e. The summed E-state index contributed by atoms with van der Waals surface area (Å²) in [6.07, 6.45) is 5.33. The van der Waals surface area contributed by atoms with Gasteiger partial charge >= 0.3 is 0 Å². The molecule has 28 heavy (non-hydrogen) atoms. The van der Waals surface area contributed by atoms with E-state index in [1.54, 1.807) is 34.9 Å². The number of benzene rings is 2. The smallest absolute Gasteiger partial charge is 0.261 e. The lowest BCUT2D eigenvalue weighted by Gasteiger charge is -2.09. The van der Waals surface area contributed by atoms with Gasteiger partial charge in [-0.3, -0.25) is 13.9 Å². The number of hydrogen-bond acceptors (Lipinski definition) is 5. The van der Waals surface area contributed by atoms with E-state index in [4.69, 9.17) is 0 Å². The van der Waals surface area contributed by atoms with Gasteiger partial charge in [-0.15, -0.1) is 0 Å². The average molecular weight is 392 g/mol. The molecule has 0 amide bonds. The highest BCUT2D eigenvalue weighted by Gasteiger charge is 2.15. The molecule has 4 rings (SSSR count). The molecule has 7 nitrogen and oxygen atoms in total. The Morgan fingerprint density at radius 3 is 2.57 bits per heavy atom. The molecular weight excluding hydrogens is 376 g/mol. The third kappa shape index (κ3) is 3.49. The van der Waals surface area contributed by atoms with Gasteiger partial charge < -0.3 is 0 Å². The molecule has 1 N–H and O–H groups in total. The summed E-state index contributed by atoms with van der Waals surface area (Å²) >= 11 is 0. The molecule has 0 unspecified atom stereocenters. The third-order valence-electron chi connectivity index (χ3n) is 4.22. The fourth-order valence-corrected chi connectivity index (χ4v) is 3.84. The summed E-state index contributed by atoms with van der Waals surface area (Å²) in [5, 5.41) is 0. The predicted octanol–water partition coefficient (Wildman–Crippen LogP) is 3.40. The van der Waals surface area contributed by atoms with E-state index in [2.05, 4.69) is 14.7 Å². The molecule has 2 heterocycles. The van der Waals surface area contributed by atoms with Crippen molar-refractivity contribution in [1.29, 1.82) is 0 Å². The molecule has 0 fully saturated rings. The molecule has 0 saturated heterocycles. The van der Waals surface area contributed by atoms with Gasteiger partial charge in [0.25, 0.3) is 10.0 Å². The molecule has 0 aliphatic carbocycles. The monoisotopic (exact) mass is 392 g/mol. The molecule has 8 heteroatoms. The van der Waals surface area contributed by atoms with Crippen molar-refractivity contribution in [2.24, 2.45) is 0 Å². The summed E-state index contributed by atoms with van der Waals surface area (Å²) in [4.78, 5) is 20.1. The Kier molecular flexibility index (Phi) is 4.40. The van der Waals surface area contributed by atoms with Crippen LogP contribution in [0, 0.1) is 0 Å². The van der Waals surface area contributed by atoms with E-state index in [1.165, 1.54) is 31.2 Å². The zero-order chi connectivity index (χ0) is 19.7. The number of imidazole rings is 1. The first-order valence-electron chi connectivity index (χ1n) is 8.46. The lowest BCUT2D eigenvalue weighted by Crippen LogP contribution is -2.13. The maximum absolute atomic E-state index is 12.6. The number of ketones is 1. The van der Waals surface area contributed by atoms with Gasteiger partial charge in [-0.25, -0.2) is 18.4 Å². The maximum Gasteiger partial charge on any atom is 0.261 e. The molecular formula is C20H16N4O3S. The van der Waals surface area contributed by atoms with E-state index in [0.29, 0.717) is 22.7 Å². The molecule has 0 bridgehead atoms. The Labute approximate surface area is 161 Å². The standard InChI is InChI=1S/C20H16N4O3S/c1-14(25)15-6-8-18(9-7-15)28(26,27)23-17-5-2-4-16(12-17)19-13-24-11-3-10-21-20(24)22-19/h2-13,23H,1H3. The van der Waals surface area contributed by atoms with E-state index in [-0.39, 0.29) is 10.7 Å². The van der Waals surface area contributed by atoms with Crippen LogP contribution in [0.4, 0.5) is 5.69 Å². The van der Waals surface area contributed by atoms with Crippen LogP contribution in [-0.2, 0) is 10.0 Å². The van der Waals surface area contributed by atoms with Gasteiger partial charge in [0.2, 0.25) is 5.78 Å². The predicted molar refractivity (Wildman–Crippen MR) is 106 cm³/mol. The number of rotatable bonds is 5. The first kappa shape index (κ1) is 17.9. The number of nitrogens with zero attached hydrogens (tertiary/aromatic N) is 3. The van der Waals surface area contributed by atoms with Crippen molar-refractivity contribution in [2.45, 2.75) is 11.8 Å². The second-order valence-corrected chi connectivity index (χ2v) is 7.90. The van der Waals surface area contributed by atoms with Crippen LogP contribution in [-0.4, -0.2) is 28.6 Å². The molecule has 0 atom stereocenters. The largest absolute Gasteiger partial charge is 0.295 e. The first-order chi connectivity index (χ1) is 13.4. The molecule has 140 valence electrons. The highest BCUT2D eigenvalue weighted by Crippen LogP contribution is 2.24. The van der Waals surface area contributed by atoms with E-state index in [9.17, 15) is 13.2 Å². The minimum atomic E-state index is -3.78. The molecule has 0 radical (unpaired) electrons. The lowest BCUT2D eigenvalue weighted by molar-refractivity contribution is 0.101. The molecule has 4 aromatic rings. The lowest BCUT2D eigenvalue weighted by atomic mass is 10.1. The Bertz CT molecular complexity index is 1250. The summed E-state index contributed by atoms with van der Waals surface area (Å²) in [6.45, 7) is 1.43. The summed E-state index contributed by atoms with van der Waals surface area (Å²) in [6, 6.07) is 14.6. The highest BCUT2D eigenvalue weighted by molar-refractivity contribution is 7.92. The van der Waals surface area contributed by atoms with Crippen LogP contribution in [0.2, 0.25) is 0 Å². The molecule has 0 aliphatic heterocycles. The maximum atomic E-state index is 12.6. The second-order valence-electron chi connectivity index (χ2n) is 6.22. The van der Waals surface area contributed by atoms with E-state index in [0.717, 1.165) is 5.56 Å². The summed E-state index contributed by atoms with van der Waals surface area (Å²) in [7, 11) is -3.78. The van der Waals surface area contributed by atoms with E-state index in [1.807, 2.05) is 18.5 Å². The Hall–Kier alpha value is -3.52. The number of anilines is 1. The zero-order valence-electron chi connectivity index (χ0n) is 14.9. The fourth-order valence-electron chi connectivity index (χ4n) is 2.79. The van der Waals surface area contributed by atoms with Crippen molar-refractivity contribution in [3.63, 3.8) is 0 Å². The Balaban J connectivity index is 1.63. The topological polar surface area (TPSA) is 93.4 Å². The number of Topliss-reactive ketones (excluding diaryl/α,β-unsaturated/α-hetero) is 1. The Morgan fingerprint density at radius 1 is 1.07 bits per heavy atom. The number of nitrogens with one attached hydrogen (secondary N) is 1. The van der Waals surface area contributed by atoms with Gasteiger partial charge in [0.1, 0.15) is 0 Å². The number of carbonyl (C=O) groups is 1. The van der Waals surface area contributed by atoms with Gasteiger partial charge in [0, 0.05) is 35.4 Å². The van der Waals surface area contributed by atoms with Gasteiger partial charge in [-0.2, -0.15) is 0 Å². The normalized spacial score (nSPS) is 11.5. The van der Waals surface area contributed by atoms with Crippen LogP contribution in [0.5, 0.6) is 0 Å². The van der Waals surface area contributed by atoms with Gasteiger partial charge in [0.15, 0.2) is 5.78 Å². The quantitative estimate of drug-likeness (QED) is 0.526. The molecule has 0 spiro atoms. The van der Waals surface area contributed by atoms with Crippen LogP contribution >= 0.6 is 0 Å². The average Bonchev–Trinajstić information content (AvgIpc) is 3.12. The molecule has 0 aliphatic rings. The SMILES string of the molecule is CC(=O)c1ccc(S(=O)(=O)Nc2cccc(-c3cn4cccnc4n3)c2)cc1. The van der Waals surface area contributed by atoms with Crippen LogP contribution in [0.3, 0.4) is 0 Å². The van der Waals surface area contributed by atoms with Crippen molar-refractivity contribution in [2.75, 3.05) is 4.72 Å². The van der Waals surface area contributed by atoms with Crippen LogP contribution in [0.1, 0.15) is 17.3 Å². The van der Waals surface area contributed by atoms with Crippen LogP contribution in [0.15, 0.2) is 78.1 Å². The zero-order valence-corrected chi connectivity index (χ0v) is 15.7. The summed E-state index contributed by atoms with van der Waals surface area (Å²) in [5.74, 6) is 0.445. The number of fused-ring (bicyclic) bond motifs is 1. The van der Waals surface area contributed by atoms with Gasteiger partial charge in [-0.05, 0) is 37.3 Å². The summed E-state index contributed by atoms with van der Waals surface area (Å²) in [5.41, 5.74) is 2.32. The van der Waals surface area contributed by atoms with Crippen LogP contribution in [0.25, 0.3) is 17.0 Å². The minimum absolute atomic E-state index is 0.0832. The highest BCUT2D eigenvalue weighted by atomic mass is 32.2. The van der Waals surface area contributed by atoms with Crippen molar-refractivity contribution < 1.29 is 13.2 Å². The molecule has 2 aromatic heterocycles. The van der Waals surface area contributed by atoms with Crippen molar-refractivity contribution in [3.8, 4) is 11.3 Å². The molecule has 2 aromatic carbocycles. The first-order valence-corrected chi connectivity index (χ1v) is 9.95. The number of aromatic nitrogens is 3. The summed E-state index contributed by atoms with van der Waals surface area (Å²) < 4.78 is 29.6. The molecule has 0 saturated carbocycles. The van der Waals surface area contributed by atoms with Gasteiger partial charge in [-0.1, -0.05) is 24.3 Å². The number of carbonyl (C=O) groups excluding carboxylic acids is 1. The van der Waals surface area contributed by atoms with Gasteiger partial charge in [0.05, 0.1) is 10.6 Å². The second kappa shape index (κ2) is 6.90. The van der Waals surface area contributed by atoms with Crippen molar-refractivity contribution >= 4 is 27.3 Å². The van der Waals surface area contributed by atoms with E-state index < -0.39 is 10.0 Å². The Morgan fingerprint density at radius 2 is 1.86 bits per heavy atom. The van der Waals surface area contributed by atoms with Crippen molar-refractivity contribution in [1.82, 2.24) is 14.4 Å². The van der Waals surface area contributed by atoms with E-state index >= 15 is 0 Å². The number of sulfonamides is 1.